The zero-order chi connectivity index (χ0) is 14.7. The number of halogens is 3. The summed E-state index contributed by atoms with van der Waals surface area (Å²) in [5.74, 6) is -1.83. The number of anilines is 1. The Hall–Kier alpha value is -1.95. The van der Waals surface area contributed by atoms with Crippen LogP contribution in [0.2, 0.25) is 0 Å². The van der Waals surface area contributed by atoms with Crippen LogP contribution >= 0.6 is 15.9 Å². The number of hydrogen-bond donors (Lipinski definition) is 1. The molecule has 2 aromatic carbocycles. The molecule has 0 bridgehead atoms. The summed E-state index contributed by atoms with van der Waals surface area (Å²) in [5.41, 5.74) is 5.80. The number of nitrogen functional groups attached to an aromatic ring is 1. The second-order valence-corrected chi connectivity index (χ2v) is 5.01. The molecule has 0 amide bonds. The highest BCUT2D eigenvalue weighted by Gasteiger charge is 2.10. The van der Waals surface area contributed by atoms with Gasteiger partial charge in [-0.05, 0) is 42.0 Å². The van der Waals surface area contributed by atoms with Crippen molar-refractivity contribution in [3.8, 4) is 0 Å². The molecule has 0 saturated carbocycles. The first-order valence-electron chi connectivity index (χ1n) is 5.63. The lowest BCUT2D eigenvalue weighted by Crippen LogP contribution is -2.06. The van der Waals surface area contributed by atoms with E-state index in [9.17, 15) is 13.6 Å². The molecule has 2 aromatic rings. The zero-order valence-corrected chi connectivity index (χ0v) is 11.8. The predicted octanol–water partition coefficient (Wildman–Crippen LogP) is 3.67. The van der Waals surface area contributed by atoms with E-state index in [1.54, 1.807) is 6.07 Å². The van der Waals surface area contributed by atoms with Gasteiger partial charge in [-0.3, -0.25) is 0 Å². The van der Waals surface area contributed by atoms with E-state index in [1.807, 2.05) is 0 Å². The smallest absolute Gasteiger partial charge is 0.338 e. The van der Waals surface area contributed by atoms with Gasteiger partial charge in [0, 0.05) is 4.47 Å². The van der Waals surface area contributed by atoms with E-state index in [1.165, 1.54) is 24.3 Å². The first-order chi connectivity index (χ1) is 9.45. The number of nitrogens with two attached hydrogens (primary N) is 1. The Morgan fingerprint density at radius 1 is 1.20 bits per heavy atom. The van der Waals surface area contributed by atoms with Crippen molar-refractivity contribution in [3.63, 3.8) is 0 Å². The van der Waals surface area contributed by atoms with Gasteiger partial charge in [-0.1, -0.05) is 15.9 Å². The van der Waals surface area contributed by atoms with Crippen molar-refractivity contribution >= 4 is 27.6 Å². The Labute approximate surface area is 122 Å². The molecule has 0 fully saturated rings. The molecule has 0 saturated heterocycles. The van der Waals surface area contributed by atoms with Gasteiger partial charge in [0.05, 0.1) is 11.3 Å². The van der Waals surface area contributed by atoms with Gasteiger partial charge < -0.3 is 10.5 Å². The van der Waals surface area contributed by atoms with Crippen LogP contribution in [0.5, 0.6) is 0 Å². The molecule has 0 spiro atoms. The molecule has 0 radical (unpaired) electrons. The molecule has 0 heterocycles. The average Bonchev–Trinajstić information content (AvgIpc) is 2.38. The maximum atomic E-state index is 13.2. The highest BCUT2D eigenvalue weighted by molar-refractivity contribution is 9.10. The van der Waals surface area contributed by atoms with E-state index in [0.29, 0.717) is 10.0 Å². The van der Waals surface area contributed by atoms with Crippen LogP contribution in [0.15, 0.2) is 40.9 Å². The molecule has 2 rings (SSSR count). The molecule has 0 atom stereocenters. The third kappa shape index (κ3) is 3.54. The first-order valence-corrected chi connectivity index (χ1v) is 6.42. The van der Waals surface area contributed by atoms with Gasteiger partial charge in [0.1, 0.15) is 18.2 Å². The highest BCUT2D eigenvalue weighted by Crippen LogP contribution is 2.17. The monoisotopic (exact) mass is 341 g/mol. The molecule has 0 aliphatic heterocycles. The summed E-state index contributed by atoms with van der Waals surface area (Å²) < 4.78 is 31.9. The topological polar surface area (TPSA) is 52.3 Å². The third-order valence-corrected chi connectivity index (χ3v) is 2.99. The Kier molecular flexibility index (Phi) is 4.34. The van der Waals surface area contributed by atoms with Gasteiger partial charge in [-0.15, -0.1) is 0 Å². The van der Waals surface area contributed by atoms with Gasteiger partial charge in [0.25, 0.3) is 0 Å². The molecule has 104 valence electrons. The van der Waals surface area contributed by atoms with Crippen molar-refractivity contribution < 1.29 is 18.3 Å². The van der Waals surface area contributed by atoms with Crippen LogP contribution in [0.4, 0.5) is 14.5 Å². The third-order valence-electron chi connectivity index (χ3n) is 2.53. The summed E-state index contributed by atoms with van der Waals surface area (Å²) in [4.78, 5) is 11.7. The SMILES string of the molecule is Nc1ccc(C(=O)OCc2cc(F)cc(Br)c2)cc1F. The van der Waals surface area contributed by atoms with Crippen LogP contribution in [0, 0.1) is 11.6 Å². The van der Waals surface area contributed by atoms with Crippen LogP contribution in [0.25, 0.3) is 0 Å². The average molecular weight is 342 g/mol. The van der Waals surface area contributed by atoms with E-state index in [4.69, 9.17) is 10.5 Å². The largest absolute Gasteiger partial charge is 0.457 e. The van der Waals surface area contributed by atoms with E-state index in [2.05, 4.69) is 15.9 Å². The fourth-order valence-corrected chi connectivity index (χ4v) is 2.09. The predicted molar refractivity (Wildman–Crippen MR) is 74.0 cm³/mol. The Balaban J connectivity index is 2.06. The Morgan fingerprint density at radius 3 is 2.60 bits per heavy atom. The summed E-state index contributed by atoms with van der Waals surface area (Å²) in [6.07, 6.45) is 0. The van der Waals surface area contributed by atoms with E-state index in [-0.39, 0.29) is 17.9 Å². The summed E-state index contributed by atoms with van der Waals surface area (Å²) >= 11 is 3.14. The normalized spacial score (nSPS) is 10.3. The minimum atomic E-state index is -0.704. The Bertz CT molecular complexity index is 641. The molecule has 3 nitrogen and oxygen atoms in total. The molecule has 0 aliphatic carbocycles. The number of carbonyl (C=O) groups is 1. The van der Waals surface area contributed by atoms with E-state index >= 15 is 0 Å². The zero-order valence-electron chi connectivity index (χ0n) is 10.2. The second-order valence-electron chi connectivity index (χ2n) is 4.09. The molecular weight excluding hydrogens is 332 g/mol. The van der Waals surface area contributed by atoms with Crippen molar-refractivity contribution in [2.24, 2.45) is 0 Å². The summed E-state index contributed by atoms with van der Waals surface area (Å²) in [6, 6.07) is 7.81. The molecule has 20 heavy (non-hydrogen) atoms. The lowest BCUT2D eigenvalue weighted by atomic mass is 10.2. The van der Waals surface area contributed by atoms with E-state index < -0.39 is 17.6 Å². The molecule has 0 aliphatic rings. The molecule has 2 N–H and O–H groups in total. The minimum absolute atomic E-state index is 0.0457. The van der Waals surface area contributed by atoms with E-state index in [0.717, 1.165) is 6.07 Å². The first kappa shape index (κ1) is 14.5. The van der Waals surface area contributed by atoms with Crippen LogP contribution in [-0.2, 0) is 11.3 Å². The number of carbonyl (C=O) groups excluding carboxylic acids is 1. The fourth-order valence-electron chi connectivity index (χ4n) is 1.58. The molecule has 0 unspecified atom stereocenters. The fraction of sp³-hybridized carbons (Fsp3) is 0.0714. The summed E-state index contributed by atoms with van der Waals surface area (Å²) in [7, 11) is 0. The standard InChI is InChI=1S/C14H10BrF2NO2/c15-10-3-8(4-11(16)6-10)7-20-14(19)9-1-2-13(18)12(17)5-9/h1-6H,7,18H2. The van der Waals surface area contributed by atoms with Crippen molar-refractivity contribution in [2.45, 2.75) is 6.61 Å². The van der Waals surface area contributed by atoms with Crippen molar-refractivity contribution in [2.75, 3.05) is 5.73 Å². The van der Waals surface area contributed by atoms with Gasteiger partial charge in [-0.25, -0.2) is 13.6 Å². The number of esters is 1. The van der Waals surface area contributed by atoms with Gasteiger partial charge in [-0.2, -0.15) is 0 Å². The van der Waals surface area contributed by atoms with Crippen LogP contribution < -0.4 is 5.73 Å². The van der Waals surface area contributed by atoms with Crippen molar-refractivity contribution in [1.29, 1.82) is 0 Å². The molecule has 0 aromatic heterocycles. The van der Waals surface area contributed by atoms with Crippen LogP contribution in [0.1, 0.15) is 15.9 Å². The lowest BCUT2D eigenvalue weighted by molar-refractivity contribution is 0.0471. The Morgan fingerprint density at radius 2 is 1.95 bits per heavy atom. The number of benzene rings is 2. The maximum Gasteiger partial charge on any atom is 0.338 e. The maximum absolute atomic E-state index is 13.2. The van der Waals surface area contributed by atoms with Crippen molar-refractivity contribution in [1.82, 2.24) is 0 Å². The summed E-state index contributed by atoms with van der Waals surface area (Å²) in [5, 5.41) is 0. The number of hydrogen-bond acceptors (Lipinski definition) is 3. The minimum Gasteiger partial charge on any atom is -0.457 e. The summed E-state index contributed by atoms with van der Waals surface area (Å²) in [6.45, 7) is -0.110. The number of rotatable bonds is 3. The second kappa shape index (κ2) is 6.00. The molecule has 6 heteroatoms. The lowest BCUT2D eigenvalue weighted by Gasteiger charge is -2.06. The highest BCUT2D eigenvalue weighted by atomic mass is 79.9. The molecular formula is C14H10BrF2NO2. The van der Waals surface area contributed by atoms with Gasteiger partial charge >= 0.3 is 5.97 Å². The van der Waals surface area contributed by atoms with Crippen molar-refractivity contribution in [3.05, 3.63) is 63.6 Å². The van der Waals surface area contributed by atoms with Crippen LogP contribution in [0.3, 0.4) is 0 Å². The quantitative estimate of drug-likeness (QED) is 0.684. The van der Waals surface area contributed by atoms with Crippen LogP contribution in [-0.4, -0.2) is 5.97 Å². The van der Waals surface area contributed by atoms with Gasteiger partial charge in [0.2, 0.25) is 0 Å². The number of ether oxygens (including phenoxy) is 1. The van der Waals surface area contributed by atoms with Gasteiger partial charge in [0.15, 0.2) is 0 Å².